The molecule has 2 aliphatic rings. The molecular formula is C19H20N2O2. The number of para-hydroxylation sites is 1. The van der Waals surface area contributed by atoms with E-state index in [0.717, 1.165) is 36.3 Å². The number of anilines is 1. The maximum absolute atomic E-state index is 13.2. The van der Waals surface area contributed by atoms with Gasteiger partial charge in [-0.3, -0.25) is 4.79 Å². The fourth-order valence-electron chi connectivity index (χ4n) is 3.43. The highest BCUT2D eigenvalue weighted by Gasteiger charge is 2.32. The van der Waals surface area contributed by atoms with Crippen LogP contribution in [0.2, 0.25) is 0 Å². The molecule has 1 unspecified atom stereocenters. The van der Waals surface area contributed by atoms with E-state index in [1.165, 1.54) is 5.56 Å². The summed E-state index contributed by atoms with van der Waals surface area (Å²) in [6, 6.07) is 16.2. The molecule has 0 saturated carbocycles. The second-order valence-electron chi connectivity index (χ2n) is 6.00. The van der Waals surface area contributed by atoms with Gasteiger partial charge in [0.25, 0.3) is 5.91 Å². The van der Waals surface area contributed by atoms with Crippen molar-refractivity contribution < 1.29 is 9.53 Å². The Labute approximate surface area is 136 Å². The Morgan fingerprint density at radius 2 is 1.87 bits per heavy atom. The van der Waals surface area contributed by atoms with E-state index < -0.39 is 6.10 Å². The lowest BCUT2D eigenvalue weighted by Crippen LogP contribution is -2.40. The molecule has 2 aliphatic heterocycles. The zero-order valence-corrected chi connectivity index (χ0v) is 13.0. The fraction of sp³-hybridized carbons (Fsp3) is 0.316. The van der Waals surface area contributed by atoms with E-state index in [4.69, 9.17) is 4.74 Å². The average molecular weight is 308 g/mol. The van der Waals surface area contributed by atoms with Gasteiger partial charge in [0, 0.05) is 25.3 Å². The molecule has 4 rings (SSSR count). The minimum absolute atomic E-state index is 0.0355. The molecule has 2 aromatic rings. The van der Waals surface area contributed by atoms with Gasteiger partial charge >= 0.3 is 0 Å². The Hall–Kier alpha value is -2.17. The van der Waals surface area contributed by atoms with Gasteiger partial charge in [-0.05, 0) is 29.2 Å². The summed E-state index contributed by atoms with van der Waals surface area (Å²) in [7, 11) is 0. The van der Waals surface area contributed by atoms with Crippen molar-refractivity contribution in [3.05, 3.63) is 65.2 Å². The summed E-state index contributed by atoms with van der Waals surface area (Å²) in [4.78, 5) is 15.1. The summed E-state index contributed by atoms with van der Waals surface area (Å²) in [5.41, 5.74) is 4.38. The molecule has 4 heteroatoms. The number of nitrogens with zero attached hydrogens (tertiary/aromatic N) is 1. The normalized spacial score (nSPS) is 20.3. The van der Waals surface area contributed by atoms with Crippen molar-refractivity contribution in [3.63, 3.8) is 0 Å². The summed E-state index contributed by atoms with van der Waals surface area (Å²) in [5, 5.41) is 3.38. The van der Waals surface area contributed by atoms with E-state index in [-0.39, 0.29) is 5.91 Å². The minimum Gasteiger partial charge on any atom is -0.363 e. The van der Waals surface area contributed by atoms with Crippen LogP contribution in [0, 0.1) is 0 Å². The summed E-state index contributed by atoms with van der Waals surface area (Å²) in [6.07, 6.45) is 0.379. The first-order chi connectivity index (χ1) is 11.3. The van der Waals surface area contributed by atoms with E-state index >= 15 is 0 Å². The molecule has 1 amide bonds. The van der Waals surface area contributed by atoms with Crippen LogP contribution in [0.15, 0.2) is 48.5 Å². The van der Waals surface area contributed by atoms with E-state index in [2.05, 4.69) is 17.4 Å². The van der Waals surface area contributed by atoms with Gasteiger partial charge in [-0.25, -0.2) is 0 Å². The highest BCUT2D eigenvalue weighted by Crippen LogP contribution is 2.31. The third-order valence-electron chi connectivity index (χ3n) is 4.59. The number of hydrogen-bond acceptors (Lipinski definition) is 3. The predicted molar refractivity (Wildman–Crippen MR) is 89.3 cm³/mol. The largest absolute Gasteiger partial charge is 0.363 e. The molecule has 1 atom stereocenters. The lowest BCUT2D eigenvalue weighted by molar-refractivity contribution is -0.131. The van der Waals surface area contributed by atoms with Crippen molar-refractivity contribution in [1.82, 2.24) is 5.32 Å². The number of benzene rings is 2. The average Bonchev–Trinajstić information content (AvgIpc) is 2.83. The van der Waals surface area contributed by atoms with Gasteiger partial charge in [-0.1, -0.05) is 42.5 Å². The number of rotatable bonds is 1. The number of carbonyl (C=O) groups excluding carboxylic acids is 1. The Morgan fingerprint density at radius 1 is 1.09 bits per heavy atom. The number of nitrogens with one attached hydrogen (secondary N) is 1. The minimum atomic E-state index is -0.494. The van der Waals surface area contributed by atoms with Crippen molar-refractivity contribution in [1.29, 1.82) is 0 Å². The standard InChI is InChI=1S/C19H20N2O2/c22-19(18-16-7-3-1-5-14(16)9-12-23-18)21-11-10-20-13-15-6-2-4-8-17(15)21/h1-8,18,20H,9-13H2. The van der Waals surface area contributed by atoms with Gasteiger partial charge in [-0.2, -0.15) is 0 Å². The number of ether oxygens (including phenoxy) is 1. The van der Waals surface area contributed by atoms with Crippen molar-refractivity contribution in [2.75, 3.05) is 24.6 Å². The molecule has 0 spiro atoms. The van der Waals surface area contributed by atoms with Crippen LogP contribution < -0.4 is 10.2 Å². The maximum atomic E-state index is 13.2. The molecule has 0 aliphatic carbocycles. The van der Waals surface area contributed by atoms with Crippen LogP contribution in [0.5, 0.6) is 0 Å². The van der Waals surface area contributed by atoms with Crippen molar-refractivity contribution >= 4 is 11.6 Å². The van der Waals surface area contributed by atoms with Crippen LogP contribution >= 0.6 is 0 Å². The molecule has 1 N–H and O–H groups in total. The van der Waals surface area contributed by atoms with Crippen LogP contribution in [0.3, 0.4) is 0 Å². The van der Waals surface area contributed by atoms with Gasteiger partial charge in [-0.15, -0.1) is 0 Å². The van der Waals surface area contributed by atoms with Crippen molar-refractivity contribution in [2.45, 2.75) is 19.1 Å². The molecular weight excluding hydrogens is 288 g/mol. The second kappa shape index (κ2) is 6.14. The van der Waals surface area contributed by atoms with E-state index in [1.54, 1.807) is 0 Å². The number of amides is 1. The predicted octanol–water partition coefficient (Wildman–Crippen LogP) is 2.44. The molecule has 0 fully saturated rings. The molecule has 0 bridgehead atoms. The van der Waals surface area contributed by atoms with Gasteiger partial charge < -0.3 is 15.0 Å². The zero-order valence-electron chi connectivity index (χ0n) is 13.0. The monoisotopic (exact) mass is 308 g/mol. The Balaban J connectivity index is 1.70. The Kier molecular flexibility index (Phi) is 3.85. The highest BCUT2D eigenvalue weighted by molar-refractivity contribution is 5.98. The van der Waals surface area contributed by atoms with Gasteiger partial charge in [0.15, 0.2) is 6.10 Å². The molecule has 0 aromatic heterocycles. The van der Waals surface area contributed by atoms with Gasteiger partial charge in [0.1, 0.15) is 0 Å². The molecule has 118 valence electrons. The van der Waals surface area contributed by atoms with E-state index in [9.17, 15) is 4.79 Å². The van der Waals surface area contributed by atoms with E-state index in [0.29, 0.717) is 13.2 Å². The third-order valence-corrected chi connectivity index (χ3v) is 4.59. The van der Waals surface area contributed by atoms with Crippen LogP contribution in [-0.2, 0) is 22.5 Å². The third kappa shape index (κ3) is 2.64. The van der Waals surface area contributed by atoms with Crippen molar-refractivity contribution in [2.24, 2.45) is 0 Å². The summed E-state index contributed by atoms with van der Waals surface area (Å²) < 4.78 is 5.86. The molecule has 0 saturated heterocycles. The maximum Gasteiger partial charge on any atom is 0.260 e. The molecule has 2 heterocycles. The quantitative estimate of drug-likeness (QED) is 0.880. The molecule has 4 nitrogen and oxygen atoms in total. The highest BCUT2D eigenvalue weighted by atomic mass is 16.5. The topological polar surface area (TPSA) is 41.6 Å². The second-order valence-corrected chi connectivity index (χ2v) is 6.00. The van der Waals surface area contributed by atoms with Crippen LogP contribution in [0.1, 0.15) is 22.8 Å². The van der Waals surface area contributed by atoms with Crippen molar-refractivity contribution in [3.8, 4) is 0 Å². The SMILES string of the molecule is O=C(C1OCCc2ccccc21)N1CCNCc2ccccc21. The molecule has 2 aromatic carbocycles. The first-order valence-corrected chi connectivity index (χ1v) is 8.14. The van der Waals surface area contributed by atoms with Gasteiger partial charge in [0.05, 0.1) is 6.61 Å². The fourth-order valence-corrected chi connectivity index (χ4v) is 3.43. The summed E-state index contributed by atoms with van der Waals surface area (Å²) in [5.74, 6) is 0.0355. The zero-order chi connectivity index (χ0) is 15.6. The first kappa shape index (κ1) is 14.4. The van der Waals surface area contributed by atoms with Crippen LogP contribution in [0.25, 0.3) is 0 Å². The van der Waals surface area contributed by atoms with Crippen LogP contribution in [-0.4, -0.2) is 25.6 Å². The number of fused-ring (bicyclic) bond motifs is 2. The Morgan fingerprint density at radius 3 is 2.78 bits per heavy atom. The smallest absolute Gasteiger partial charge is 0.260 e. The van der Waals surface area contributed by atoms with Gasteiger partial charge in [0.2, 0.25) is 0 Å². The first-order valence-electron chi connectivity index (χ1n) is 8.14. The Bertz CT molecular complexity index is 729. The molecule has 23 heavy (non-hydrogen) atoms. The summed E-state index contributed by atoms with van der Waals surface area (Å²) in [6.45, 7) is 2.84. The number of carbonyl (C=O) groups is 1. The lowest BCUT2D eigenvalue weighted by atomic mass is 9.96. The van der Waals surface area contributed by atoms with Crippen LogP contribution in [0.4, 0.5) is 5.69 Å². The molecule has 0 radical (unpaired) electrons. The summed E-state index contributed by atoms with van der Waals surface area (Å²) >= 11 is 0. The lowest BCUT2D eigenvalue weighted by Gasteiger charge is -2.31. The van der Waals surface area contributed by atoms with E-state index in [1.807, 2.05) is 41.3 Å². The number of hydrogen-bond donors (Lipinski definition) is 1.